The largest absolute Gasteiger partial charge is 0.356 e. The van der Waals surface area contributed by atoms with E-state index in [1.807, 2.05) is 55.5 Å². The summed E-state index contributed by atoms with van der Waals surface area (Å²) >= 11 is 0. The van der Waals surface area contributed by atoms with Crippen LogP contribution in [0.4, 0.5) is 0 Å². The predicted octanol–water partition coefficient (Wildman–Crippen LogP) is 3.84. The van der Waals surface area contributed by atoms with Crippen molar-refractivity contribution in [2.24, 2.45) is 5.73 Å². The minimum atomic E-state index is -3.38. The van der Waals surface area contributed by atoms with Crippen molar-refractivity contribution in [3.05, 3.63) is 77.5 Å². The normalized spacial score (nSPS) is 12.9. The van der Waals surface area contributed by atoms with Crippen molar-refractivity contribution in [1.82, 2.24) is 10.1 Å². The van der Waals surface area contributed by atoms with Crippen molar-refractivity contribution in [3.63, 3.8) is 0 Å². The van der Waals surface area contributed by atoms with Crippen molar-refractivity contribution in [1.29, 1.82) is 0 Å². The quantitative estimate of drug-likeness (QED) is 0.540. The second-order valence-corrected chi connectivity index (χ2v) is 9.07. The van der Waals surface area contributed by atoms with E-state index in [9.17, 15) is 8.42 Å². The molecule has 7 heteroatoms. The van der Waals surface area contributed by atoms with Gasteiger partial charge in [0.15, 0.2) is 20.4 Å². The van der Waals surface area contributed by atoms with Crippen molar-refractivity contribution in [2.75, 3.05) is 6.26 Å². The molecule has 0 bridgehead atoms. The van der Waals surface area contributed by atoms with Crippen molar-refractivity contribution in [2.45, 2.75) is 24.4 Å². The SMILES string of the molecule is Cc1ccc(S(C)(=O)=O)nc1C[C@H](N)c1ccccc1-c1noc2ccccc12. The first-order valence-electron chi connectivity index (χ1n) is 9.20. The van der Waals surface area contributed by atoms with Gasteiger partial charge in [0.05, 0.1) is 0 Å². The molecule has 0 aliphatic rings. The van der Waals surface area contributed by atoms with Gasteiger partial charge in [-0.25, -0.2) is 13.4 Å². The molecule has 0 unspecified atom stereocenters. The Bertz CT molecular complexity index is 1300. The van der Waals surface area contributed by atoms with Gasteiger partial charge >= 0.3 is 0 Å². The number of hydrogen-bond acceptors (Lipinski definition) is 6. The van der Waals surface area contributed by atoms with Crippen LogP contribution in [0, 0.1) is 6.92 Å². The summed E-state index contributed by atoms with van der Waals surface area (Å²) in [7, 11) is -3.38. The van der Waals surface area contributed by atoms with Gasteiger partial charge < -0.3 is 10.3 Å². The topological polar surface area (TPSA) is 99.1 Å². The highest BCUT2D eigenvalue weighted by molar-refractivity contribution is 7.90. The molecule has 4 rings (SSSR count). The van der Waals surface area contributed by atoms with Gasteiger partial charge in [-0.1, -0.05) is 47.6 Å². The Morgan fingerprint density at radius 2 is 1.76 bits per heavy atom. The van der Waals surface area contributed by atoms with Crippen LogP contribution in [0.5, 0.6) is 0 Å². The second kappa shape index (κ2) is 7.42. The maximum Gasteiger partial charge on any atom is 0.192 e. The fraction of sp³-hybridized carbons (Fsp3) is 0.182. The summed E-state index contributed by atoms with van der Waals surface area (Å²) < 4.78 is 29.2. The molecule has 29 heavy (non-hydrogen) atoms. The zero-order valence-electron chi connectivity index (χ0n) is 16.2. The maximum atomic E-state index is 11.9. The zero-order valence-corrected chi connectivity index (χ0v) is 17.0. The third-order valence-electron chi connectivity index (χ3n) is 4.96. The molecule has 0 spiro atoms. The molecule has 0 saturated carbocycles. The molecule has 1 atom stereocenters. The number of hydrogen-bond donors (Lipinski definition) is 1. The molecule has 148 valence electrons. The minimum Gasteiger partial charge on any atom is -0.356 e. The lowest BCUT2D eigenvalue weighted by atomic mass is 9.93. The molecular formula is C22H21N3O3S. The highest BCUT2D eigenvalue weighted by Crippen LogP contribution is 2.33. The van der Waals surface area contributed by atoms with E-state index < -0.39 is 9.84 Å². The van der Waals surface area contributed by atoms with Gasteiger partial charge in [0.1, 0.15) is 5.69 Å². The second-order valence-electron chi connectivity index (χ2n) is 7.11. The van der Waals surface area contributed by atoms with Gasteiger partial charge in [0.25, 0.3) is 0 Å². The number of pyridine rings is 1. The number of benzene rings is 2. The number of nitrogens with zero attached hydrogens (tertiary/aromatic N) is 2. The van der Waals surface area contributed by atoms with Gasteiger partial charge in [-0.05, 0) is 36.2 Å². The summed E-state index contributed by atoms with van der Waals surface area (Å²) in [4.78, 5) is 4.35. The van der Waals surface area contributed by atoms with Crippen LogP contribution in [-0.2, 0) is 16.3 Å². The maximum absolute atomic E-state index is 11.9. The Labute approximate surface area is 169 Å². The van der Waals surface area contributed by atoms with Crippen molar-refractivity contribution < 1.29 is 12.9 Å². The number of sulfone groups is 1. The van der Waals surface area contributed by atoms with Crippen LogP contribution >= 0.6 is 0 Å². The number of para-hydroxylation sites is 1. The molecular weight excluding hydrogens is 386 g/mol. The number of fused-ring (bicyclic) bond motifs is 1. The van der Waals surface area contributed by atoms with E-state index in [4.69, 9.17) is 10.3 Å². The molecule has 4 aromatic rings. The van der Waals surface area contributed by atoms with E-state index in [0.717, 1.165) is 34.0 Å². The fourth-order valence-corrected chi connectivity index (χ4v) is 3.99. The number of nitrogens with two attached hydrogens (primary N) is 1. The molecule has 0 radical (unpaired) electrons. The summed E-state index contributed by atoms with van der Waals surface area (Å²) in [5.74, 6) is 0. The predicted molar refractivity (Wildman–Crippen MR) is 112 cm³/mol. The van der Waals surface area contributed by atoms with Crippen LogP contribution in [0.3, 0.4) is 0 Å². The van der Waals surface area contributed by atoms with Gasteiger partial charge in [-0.3, -0.25) is 0 Å². The third-order valence-corrected chi connectivity index (χ3v) is 5.95. The standard InChI is InChI=1S/C22H21N3O3S/c1-14-11-12-21(29(2,26)27)24-19(14)13-18(23)15-7-3-4-8-16(15)22-17-9-5-6-10-20(17)28-25-22/h3-12,18H,13,23H2,1-2H3/t18-/m0/s1. The Kier molecular flexibility index (Phi) is 4.94. The van der Waals surface area contributed by atoms with E-state index >= 15 is 0 Å². The molecule has 0 aliphatic carbocycles. The van der Waals surface area contributed by atoms with Gasteiger partial charge in [0.2, 0.25) is 0 Å². The highest BCUT2D eigenvalue weighted by Gasteiger charge is 2.19. The first-order chi connectivity index (χ1) is 13.8. The summed E-state index contributed by atoms with van der Waals surface area (Å²) in [6.07, 6.45) is 1.56. The van der Waals surface area contributed by atoms with Gasteiger partial charge in [-0.2, -0.15) is 0 Å². The molecule has 0 saturated heterocycles. The Balaban J connectivity index is 1.74. The molecule has 2 aromatic carbocycles. The lowest BCUT2D eigenvalue weighted by Crippen LogP contribution is -2.17. The molecule has 0 aliphatic heterocycles. The van der Waals surface area contributed by atoms with E-state index in [1.54, 1.807) is 6.07 Å². The average molecular weight is 407 g/mol. The Morgan fingerprint density at radius 3 is 2.55 bits per heavy atom. The van der Waals surface area contributed by atoms with Crippen LogP contribution in [0.15, 0.2) is 70.2 Å². The molecule has 2 aromatic heterocycles. The Morgan fingerprint density at radius 1 is 1.03 bits per heavy atom. The van der Waals surface area contributed by atoms with E-state index in [0.29, 0.717) is 17.7 Å². The van der Waals surface area contributed by atoms with Crippen LogP contribution < -0.4 is 5.73 Å². The number of aryl methyl sites for hydroxylation is 1. The number of rotatable bonds is 5. The lowest BCUT2D eigenvalue weighted by molar-refractivity contribution is 0.459. The van der Waals surface area contributed by atoms with Crippen LogP contribution in [0.25, 0.3) is 22.2 Å². The molecule has 2 N–H and O–H groups in total. The summed E-state index contributed by atoms with van der Waals surface area (Å²) in [6.45, 7) is 1.90. The monoisotopic (exact) mass is 407 g/mol. The average Bonchev–Trinajstić information content (AvgIpc) is 3.13. The summed E-state index contributed by atoms with van der Waals surface area (Å²) in [5.41, 5.74) is 11.4. The lowest BCUT2D eigenvalue weighted by Gasteiger charge is -2.17. The van der Waals surface area contributed by atoms with E-state index in [-0.39, 0.29) is 11.1 Å². The first-order valence-corrected chi connectivity index (χ1v) is 11.1. The molecule has 2 heterocycles. The summed E-state index contributed by atoms with van der Waals surface area (Å²) in [6, 6.07) is 18.4. The fourth-order valence-electron chi connectivity index (χ4n) is 3.40. The van der Waals surface area contributed by atoms with E-state index in [2.05, 4.69) is 10.1 Å². The van der Waals surface area contributed by atoms with Gasteiger partial charge in [0, 0.05) is 35.4 Å². The molecule has 0 fully saturated rings. The van der Waals surface area contributed by atoms with Crippen molar-refractivity contribution in [3.8, 4) is 11.3 Å². The van der Waals surface area contributed by atoms with Crippen LogP contribution in [-0.4, -0.2) is 24.8 Å². The summed E-state index contributed by atoms with van der Waals surface area (Å²) in [5, 5.41) is 5.23. The zero-order chi connectivity index (χ0) is 20.6. The molecule has 6 nitrogen and oxygen atoms in total. The third kappa shape index (κ3) is 3.79. The van der Waals surface area contributed by atoms with Crippen LogP contribution in [0.2, 0.25) is 0 Å². The number of aromatic nitrogens is 2. The molecule has 0 amide bonds. The minimum absolute atomic E-state index is 0.0566. The Hall–Kier alpha value is -3.03. The van der Waals surface area contributed by atoms with Gasteiger partial charge in [-0.15, -0.1) is 0 Å². The highest BCUT2D eigenvalue weighted by atomic mass is 32.2. The first kappa shape index (κ1) is 19.3. The van der Waals surface area contributed by atoms with Crippen molar-refractivity contribution >= 4 is 20.8 Å². The smallest absolute Gasteiger partial charge is 0.192 e. The van der Waals surface area contributed by atoms with E-state index in [1.165, 1.54) is 6.07 Å². The van der Waals surface area contributed by atoms with Crippen LogP contribution in [0.1, 0.15) is 22.9 Å².